The number of rotatable bonds is 4. The molecule has 4 heterocycles. The first-order chi connectivity index (χ1) is 12.7. The fourth-order valence-corrected chi connectivity index (χ4v) is 5.14. The second-order valence-electron chi connectivity index (χ2n) is 7.28. The molecule has 26 heavy (non-hydrogen) atoms. The molecule has 0 spiro atoms. The summed E-state index contributed by atoms with van der Waals surface area (Å²) in [6.07, 6.45) is 2.70. The zero-order chi connectivity index (χ0) is 18.1. The maximum absolute atomic E-state index is 12.6. The molecule has 142 valence electrons. The summed E-state index contributed by atoms with van der Waals surface area (Å²) in [7, 11) is 0. The van der Waals surface area contributed by atoms with Crippen LogP contribution in [-0.2, 0) is 4.79 Å². The number of thioether (sulfide) groups is 1. The van der Waals surface area contributed by atoms with E-state index in [2.05, 4.69) is 32.9 Å². The van der Waals surface area contributed by atoms with Crippen LogP contribution in [0.2, 0.25) is 0 Å². The highest BCUT2D eigenvalue weighted by Crippen LogP contribution is 2.23. The van der Waals surface area contributed by atoms with Gasteiger partial charge in [-0.2, -0.15) is 5.10 Å². The Labute approximate surface area is 159 Å². The lowest BCUT2D eigenvalue weighted by Crippen LogP contribution is -2.51. The fraction of sp³-hybridized carbons (Fsp3) is 0.667. The van der Waals surface area contributed by atoms with Gasteiger partial charge in [0.1, 0.15) is 5.82 Å². The van der Waals surface area contributed by atoms with Crippen molar-refractivity contribution in [1.82, 2.24) is 24.9 Å². The van der Waals surface area contributed by atoms with Crippen LogP contribution in [0, 0.1) is 6.92 Å². The van der Waals surface area contributed by atoms with Crippen LogP contribution in [-0.4, -0.2) is 88.5 Å². The lowest BCUT2D eigenvalue weighted by atomic mass is 10.1. The van der Waals surface area contributed by atoms with Gasteiger partial charge in [0, 0.05) is 63.3 Å². The highest BCUT2D eigenvalue weighted by Gasteiger charge is 2.36. The minimum atomic E-state index is 0.00146. The van der Waals surface area contributed by atoms with E-state index in [1.54, 1.807) is 6.20 Å². The van der Waals surface area contributed by atoms with E-state index in [0.717, 1.165) is 68.8 Å². The molecular weight excluding hydrogens is 348 g/mol. The smallest absolute Gasteiger partial charge is 0.240 e. The molecule has 0 radical (unpaired) electrons. The van der Waals surface area contributed by atoms with E-state index in [0.29, 0.717) is 11.9 Å². The molecule has 1 N–H and O–H groups in total. The molecule has 1 aromatic heterocycles. The predicted octanol–water partition coefficient (Wildman–Crippen LogP) is 0.677. The van der Waals surface area contributed by atoms with Gasteiger partial charge in [-0.05, 0) is 13.3 Å². The highest BCUT2D eigenvalue weighted by atomic mass is 32.2. The van der Waals surface area contributed by atoms with Crippen LogP contribution in [0.3, 0.4) is 0 Å². The van der Waals surface area contributed by atoms with E-state index < -0.39 is 0 Å². The molecule has 1 amide bonds. The van der Waals surface area contributed by atoms with Gasteiger partial charge in [0.25, 0.3) is 0 Å². The molecule has 2 atom stereocenters. The van der Waals surface area contributed by atoms with E-state index >= 15 is 0 Å². The Kier molecular flexibility index (Phi) is 5.24. The zero-order valence-corrected chi connectivity index (χ0v) is 16.2. The lowest BCUT2D eigenvalue weighted by molar-refractivity contribution is -0.131. The Morgan fingerprint density at radius 3 is 2.85 bits per heavy atom. The van der Waals surface area contributed by atoms with Crippen molar-refractivity contribution in [1.29, 1.82) is 0 Å². The van der Waals surface area contributed by atoms with Crippen molar-refractivity contribution in [2.45, 2.75) is 25.4 Å². The number of aryl methyl sites for hydroxylation is 1. The van der Waals surface area contributed by atoms with Gasteiger partial charge in [-0.15, -0.1) is 11.8 Å². The molecule has 0 aromatic carbocycles. The summed E-state index contributed by atoms with van der Waals surface area (Å²) in [4.78, 5) is 19.5. The first kappa shape index (κ1) is 17.9. The number of nitrogens with one attached hydrogen (secondary N) is 1. The number of piperazine rings is 1. The standard InChI is InChI=1S/C18H28N6OS/c1-3-24-17(10-14(2)20-24)22-6-4-21(5-7-22)15-11-16(19-12-15)18(25)23-8-9-26-13-23/h3,10,15-16,19H,1,4-9,11-13H2,2H3. The molecule has 3 fully saturated rings. The van der Waals surface area contributed by atoms with E-state index in [9.17, 15) is 4.79 Å². The van der Waals surface area contributed by atoms with Gasteiger partial charge in [-0.1, -0.05) is 6.58 Å². The van der Waals surface area contributed by atoms with Gasteiger partial charge >= 0.3 is 0 Å². The molecule has 3 saturated heterocycles. The topological polar surface area (TPSA) is 56.6 Å². The molecule has 3 aliphatic heterocycles. The van der Waals surface area contributed by atoms with E-state index in [1.807, 2.05) is 28.3 Å². The Hall–Kier alpha value is -1.51. The van der Waals surface area contributed by atoms with E-state index in [4.69, 9.17) is 0 Å². The molecule has 4 rings (SSSR count). The summed E-state index contributed by atoms with van der Waals surface area (Å²) < 4.78 is 1.87. The lowest BCUT2D eigenvalue weighted by Gasteiger charge is -2.38. The summed E-state index contributed by atoms with van der Waals surface area (Å²) >= 11 is 1.85. The number of nitrogens with zero attached hydrogens (tertiary/aromatic N) is 5. The minimum Gasteiger partial charge on any atom is -0.354 e. The molecule has 2 unspecified atom stereocenters. The predicted molar refractivity (Wildman–Crippen MR) is 106 cm³/mol. The molecule has 7 nitrogen and oxygen atoms in total. The van der Waals surface area contributed by atoms with Crippen molar-refractivity contribution >= 4 is 29.7 Å². The van der Waals surface area contributed by atoms with Crippen molar-refractivity contribution in [2.75, 3.05) is 55.8 Å². The van der Waals surface area contributed by atoms with Gasteiger partial charge in [0.15, 0.2) is 0 Å². The minimum absolute atomic E-state index is 0.00146. The van der Waals surface area contributed by atoms with Crippen LogP contribution in [0.25, 0.3) is 6.20 Å². The number of carbonyl (C=O) groups excluding carboxylic acids is 1. The quantitative estimate of drug-likeness (QED) is 0.834. The van der Waals surface area contributed by atoms with Gasteiger partial charge in [-0.25, -0.2) is 4.68 Å². The number of anilines is 1. The average molecular weight is 377 g/mol. The maximum Gasteiger partial charge on any atom is 0.240 e. The Morgan fingerprint density at radius 1 is 1.35 bits per heavy atom. The van der Waals surface area contributed by atoms with Crippen molar-refractivity contribution in [3.8, 4) is 0 Å². The maximum atomic E-state index is 12.6. The van der Waals surface area contributed by atoms with Crippen molar-refractivity contribution in [3.63, 3.8) is 0 Å². The average Bonchev–Trinajstić information content (AvgIpc) is 3.41. The monoisotopic (exact) mass is 376 g/mol. The second-order valence-corrected chi connectivity index (χ2v) is 8.36. The third-order valence-corrected chi connectivity index (χ3v) is 6.60. The molecule has 1 aromatic rings. The molecule has 8 heteroatoms. The number of hydrogen-bond acceptors (Lipinski definition) is 6. The largest absolute Gasteiger partial charge is 0.354 e. The van der Waals surface area contributed by atoms with E-state index in [-0.39, 0.29) is 6.04 Å². The van der Waals surface area contributed by atoms with Crippen molar-refractivity contribution in [2.24, 2.45) is 0 Å². The molecule has 0 saturated carbocycles. The number of carbonyl (C=O) groups is 1. The Morgan fingerprint density at radius 2 is 2.15 bits per heavy atom. The van der Waals surface area contributed by atoms with Crippen molar-refractivity contribution in [3.05, 3.63) is 18.3 Å². The van der Waals surface area contributed by atoms with Gasteiger partial charge in [-0.3, -0.25) is 9.69 Å². The summed E-state index contributed by atoms with van der Waals surface area (Å²) in [6, 6.07) is 2.59. The fourth-order valence-electron chi connectivity index (χ4n) is 4.18. The third-order valence-electron chi connectivity index (χ3n) is 5.64. The zero-order valence-electron chi connectivity index (χ0n) is 15.4. The summed E-state index contributed by atoms with van der Waals surface area (Å²) in [5.41, 5.74) is 1.02. The van der Waals surface area contributed by atoms with Crippen LogP contribution in [0.15, 0.2) is 12.6 Å². The first-order valence-corrected chi connectivity index (χ1v) is 10.6. The second kappa shape index (κ2) is 7.62. The van der Waals surface area contributed by atoms with Crippen LogP contribution in [0.1, 0.15) is 12.1 Å². The van der Waals surface area contributed by atoms with Crippen LogP contribution in [0.5, 0.6) is 0 Å². The van der Waals surface area contributed by atoms with Gasteiger partial charge in [0.05, 0.1) is 17.6 Å². The normalized spacial score (nSPS) is 27.3. The summed E-state index contributed by atoms with van der Waals surface area (Å²) in [5.74, 6) is 3.35. The number of amides is 1. The van der Waals surface area contributed by atoms with Crippen LogP contribution < -0.4 is 10.2 Å². The molecule has 0 bridgehead atoms. The Balaban J connectivity index is 1.31. The SMILES string of the molecule is C=Cn1nc(C)cc1N1CCN(C2CNC(C(=O)N3CCSC3)C2)CC1. The number of aromatic nitrogens is 2. The third kappa shape index (κ3) is 3.50. The molecule has 0 aliphatic carbocycles. The van der Waals surface area contributed by atoms with Gasteiger partial charge in [0.2, 0.25) is 5.91 Å². The number of hydrogen-bond donors (Lipinski definition) is 1. The summed E-state index contributed by atoms with van der Waals surface area (Å²) in [6.45, 7) is 11.7. The van der Waals surface area contributed by atoms with Crippen LogP contribution in [0.4, 0.5) is 5.82 Å². The Bertz CT molecular complexity index is 663. The van der Waals surface area contributed by atoms with Crippen LogP contribution >= 0.6 is 11.8 Å². The van der Waals surface area contributed by atoms with Gasteiger partial charge < -0.3 is 15.1 Å². The van der Waals surface area contributed by atoms with E-state index in [1.165, 1.54) is 0 Å². The summed E-state index contributed by atoms with van der Waals surface area (Å²) in [5, 5.41) is 7.92. The highest BCUT2D eigenvalue weighted by molar-refractivity contribution is 7.99. The van der Waals surface area contributed by atoms with Crippen molar-refractivity contribution < 1.29 is 4.79 Å². The molecular formula is C18H28N6OS. The first-order valence-electron chi connectivity index (χ1n) is 9.43. The molecule has 3 aliphatic rings.